The van der Waals surface area contributed by atoms with E-state index in [2.05, 4.69) is 5.32 Å². The monoisotopic (exact) mass is 347 g/mol. The van der Waals surface area contributed by atoms with Crippen molar-refractivity contribution in [1.29, 1.82) is 0 Å². The van der Waals surface area contributed by atoms with Gasteiger partial charge in [0.15, 0.2) is 0 Å². The number of carbonyl (C=O) groups is 3. The van der Waals surface area contributed by atoms with Crippen molar-refractivity contribution >= 4 is 17.7 Å². The zero-order valence-corrected chi connectivity index (χ0v) is 15.5. The molecule has 1 rings (SSSR count). The predicted molar refractivity (Wildman–Crippen MR) is 97.7 cm³/mol. The van der Waals surface area contributed by atoms with E-state index in [0.29, 0.717) is 39.1 Å². The van der Waals surface area contributed by atoms with E-state index >= 15 is 0 Å². The van der Waals surface area contributed by atoms with Crippen molar-refractivity contribution in [3.8, 4) is 0 Å². The molecule has 0 fully saturated rings. The summed E-state index contributed by atoms with van der Waals surface area (Å²) in [7, 11) is 0. The van der Waals surface area contributed by atoms with E-state index in [9.17, 15) is 14.4 Å². The van der Waals surface area contributed by atoms with Crippen LogP contribution in [-0.2, 0) is 20.9 Å². The van der Waals surface area contributed by atoms with Crippen LogP contribution in [0.4, 0.5) is 0 Å². The van der Waals surface area contributed by atoms with E-state index in [4.69, 9.17) is 0 Å². The van der Waals surface area contributed by atoms with Crippen LogP contribution in [0.3, 0.4) is 0 Å². The number of carbonyl (C=O) groups excluding carboxylic acids is 3. The van der Waals surface area contributed by atoms with E-state index in [0.717, 1.165) is 5.56 Å². The SMILES string of the molecule is CCN(CC)C(=O)CCNC(=O)CCN(Cc1ccccc1)C(C)=O. The molecule has 0 heterocycles. The lowest BCUT2D eigenvalue weighted by atomic mass is 10.2. The molecular weight excluding hydrogens is 318 g/mol. The summed E-state index contributed by atoms with van der Waals surface area (Å²) in [5.74, 6) is -0.167. The van der Waals surface area contributed by atoms with Crippen LogP contribution in [0.15, 0.2) is 30.3 Å². The van der Waals surface area contributed by atoms with Crippen molar-refractivity contribution in [3.63, 3.8) is 0 Å². The third kappa shape index (κ3) is 7.83. The Morgan fingerprint density at radius 3 is 2.16 bits per heavy atom. The lowest BCUT2D eigenvalue weighted by Gasteiger charge is -2.21. The smallest absolute Gasteiger partial charge is 0.224 e. The minimum atomic E-state index is -0.147. The Labute approximate surface area is 150 Å². The van der Waals surface area contributed by atoms with Crippen molar-refractivity contribution < 1.29 is 14.4 Å². The van der Waals surface area contributed by atoms with Gasteiger partial charge < -0.3 is 15.1 Å². The van der Waals surface area contributed by atoms with Gasteiger partial charge in [0, 0.05) is 52.5 Å². The molecule has 25 heavy (non-hydrogen) atoms. The first-order chi connectivity index (χ1) is 12.0. The lowest BCUT2D eigenvalue weighted by Crippen LogP contribution is -2.36. The van der Waals surface area contributed by atoms with E-state index in [1.54, 1.807) is 9.80 Å². The van der Waals surface area contributed by atoms with Crippen molar-refractivity contribution in [2.45, 2.75) is 40.2 Å². The topological polar surface area (TPSA) is 69.7 Å². The zero-order chi connectivity index (χ0) is 18.7. The van der Waals surface area contributed by atoms with Gasteiger partial charge in [-0.05, 0) is 19.4 Å². The molecule has 0 aliphatic rings. The second kappa shape index (κ2) is 11.2. The Hall–Kier alpha value is -2.37. The average Bonchev–Trinajstić information content (AvgIpc) is 2.60. The molecule has 0 aromatic heterocycles. The standard InChI is InChI=1S/C19H29N3O3/c1-4-21(5-2)19(25)11-13-20-18(24)12-14-22(16(3)23)15-17-9-7-6-8-10-17/h6-10H,4-5,11-15H2,1-3H3,(H,20,24). The molecule has 1 N–H and O–H groups in total. The largest absolute Gasteiger partial charge is 0.356 e. The maximum absolute atomic E-state index is 11.9. The molecule has 138 valence electrons. The van der Waals surface area contributed by atoms with Gasteiger partial charge in [0.25, 0.3) is 0 Å². The van der Waals surface area contributed by atoms with E-state index < -0.39 is 0 Å². The van der Waals surface area contributed by atoms with Gasteiger partial charge in [-0.3, -0.25) is 14.4 Å². The Bertz CT molecular complexity index is 556. The minimum Gasteiger partial charge on any atom is -0.356 e. The molecule has 0 radical (unpaired) electrons. The summed E-state index contributed by atoms with van der Waals surface area (Å²) < 4.78 is 0. The van der Waals surface area contributed by atoms with E-state index in [1.807, 2.05) is 44.2 Å². The molecule has 0 aliphatic carbocycles. The molecule has 0 bridgehead atoms. The summed E-state index contributed by atoms with van der Waals surface area (Å²) in [5.41, 5.74) is 1.03. The highest BCUT2D eigenvalue weighted by Gasteiger charge is 2.13. The van der Waals surface area contributed by atoms with Crippen molar-refractivity contribution in [2.75, 3.05) is 26.2 Å². The fourth-order valence-electron chi connectivity index (χ4n) is 2.52. The number of hydrogen-bond donors (Lipinski definition) is 1. The number of amides is 3. The highest BCUT2D eigenvalue weighted by atomic mass is 16.2. The predicted octanol–water partition coefficient (Wildman–Crippen LogP) is 1.80. The van der Waals surface area contributed by atoms with Gasteiger partial charge in [0.05, 0.1) is 0 Å². The number of hydrogen-bond acceptors (Lipinski definition) is 3. The molecular formula is C19H29N3O3. The Balaban J connectivity index is 2.35. The maximum atomic E-state index is 11.9. The first-order valence-corrected chi connectivity index (χ1v) is 8.81. The van der Waals surface area contributed by atoms with Gasteiger partial charge in [-0.1, -0.05) is 30.3 Å². The molecule has 0 spiro atoms. The summed E-state index contributed by atoms with van der Waals surface area (Å²) in [6.07, 6.45) is 0.528. The van der Waals surface area contributed by atoms with Crippen molar-refractivity contribution in [3.05, 3.63) is 35.9 Å². The van der Waals surface area contributed by atoms with Gasteiger partial charge in [0.1, 0.15) is 0 Å². The number of nitrogens with zero attached hydrogens (tertiary/aromatic N) is 2. The third-order valence-corrected chi connectivity index (χ3v) is 4.05. The molecule has 0 unspecified atom stereocenters. The van der Waals surface area contributed by atoms with Crippen LogP contribution < -0.4 is 5.32 Å². The van der Waals surface area contributed by atoms with Crippen molar-refractivity contribution in [1.82, 2.24) is 15.1 Å². The van der Waals surface area contributed by atoms with Gasteiger partial charge in [-0.15, -0.1) is 0 Å². The van der Waals surface area contributed by atoms with Crippen LogP contribution in [0, 0.1) is 0 Å². The first-order valence-electron chi connectivity index (χ1n) is 8.81. The average molecular weight is 347 g/mol. The van der Waals surface area contributed by atoms with Gasteiger partial charge in [-0.2, -0.15) is 0 Å². The highest BCUT2D eigenvalue weighted by molar-refractivity contribution is 5.80. The van der Waals surface area contributed by atoms with Crippen LogP contribution >= 0.6 is 0 Å². The molecule has 0 saturated carbocycles. The molecule has 6 heteroatoms. The van der Waals surface area contributed by atoms with Crippen molar-refractivity contribution in [2.24, 2.45) is 0 Å². The molecule has 1 aromatic carbocycles. The summed E-state index contributed by atoms with van der Waals surface area (Å²) in [6, 6.07) is 9.68. The summed E-state index contributed by atoms with van der Waals surface area (Å²) >= 11 is 0. The molecule has 0 atom stereocenters. The van der Waals surface area contributed by atoms with Gasteiger partial charge in [-0.25, -0.2) is 0 Å². The Kier molecular flexibility index (Phi) is 9.29. The second-order valence-corrected chi connectivity index (χ2v) is 5.84. The quantitative estimate of drug-likeness (QED) is 0.702. The Morgan fingerprint density at radius 1 is 0.960 bits per heavy atom. The molecule has 0 saturated heterocycles. The van der Waals surface area contributed by atoms with Crippen LogP contribution in [-0.4, -0.2) is 53.7 Å². The Morgan fingerprint density at radius 2 is 1.60 bits per heavy atom. The van der Waals surface area contributed by atoms with E-state index in [-0.39, 0.29) is 24.1 Å². The summed E-state index contributed by atoms with van der Waals surface area (Å²) in [6.45, 7) is 7.90. The molecule has 0 aliphatic heterocycles. The third-order valence-electron chi connectivity index (χ3n) is 4.05. The van der Waals surface area contributed by atoms with Crippen LogP contribution in [0.25, 0.3) is 0 Å². The number of nitrogens with one attached hydrogen (secondary N) is 1. The maximum Gasteiger partial charge on any atom is 0.224 e. The van der Waals surface area contributed by atoms with Gasteiger partial charge in [0.2, 0.25) is 17.7 Å². The molecule has 1 aromatic rings. The van der Waals surface area contributed by atoms with Crippen LogP contribution in [0.5, 0.6) is 0 Å². The normalized spacial score (nSPS) is 10.2. The summed E-state index contributed by atoms with van der Waals surface area (Å²) in [5, 5.41) is 2.75. The molecule has 6 nitrogen and oxygen atoms in total. The van der Waals surface area contributed by atoms with Crippen LogP contribution in [0.1, 0.15) is 39.2 Å². The van der Waals surface area contributed by atoms with E-state index in [1.165, 1.54) is 6.92 Å². The number of benzene rings is 1. The lowest BCUT2D eigenvalue weighted by molar-refractivity contribution is -0.131. The van der Waals surface area contributed by atoms with Crippen LogP contribution in [0.2, 0.25) is 0 Å². The minimum absolute atomic E-state index is 0.0414. The van der Waals surface area contributed by atoms with Gasteiger partial charge >= 0.3 is 0 Å². The fraction of sp³-hybridized carbons (Fsp3) is 0.526. The zero-order valence-electron chi connectivity index (χ0n) is 15.5. The highest BCUT2D eigenvalue weighted by Crippen LogP contribution is 2.05. The second-order valence-electron chi connectivity index (χ2n) is 5.84. The molecule has 3 amide bonds. The number of rotatable bonds is 10. The first kappa shape index (κ1) is 20.7. The fourth-order valence-corrected chi connectivity index (χ4v) is 2.52. The summed E-state index contributed by atoms with van der Waals surface area (Å²) in [4.78, 5) is 38.9.